The highest BCUT2D eigenvalue weighted by Gasteiger charge is 2.31. The van der Waals surface area contributed by atoms with Gasteiger partial charge in [-0.25, -0.2) is 0 Å². The summed E-state index contributed by atoms with van der Waals surface area (Å²) in [5, 5.41) is 0.519. The molecule has 0 radical (unpaired) electrons. The van der Waals surface area contributed by atoms with Gasteiger partial charge in [0.1, 0.15) is 0 Å². The van der Waals surface area contributed by atoms with Crippen molar-refractivity contribution in [3.05, 3.63) is 24.3 Å². The highest BCUT2D eigenvalue weighted by atomic mass is 32.2. The third-order valence-electron chi connectivity index (χ3n) is 6.51. The van der Waals surface area contributed by atoms with Gasteiger partial charge in [-0.15, -0.1) is 11.8 Å². The van der Waals surface area contributed by atoms with Gasteiger partial charge in [0.25, 0.3) is 0 Å². The van der Waals surface area contributed by atoms with Gasteiger partial charge < -0.3 is 9.80 Å². The Labute approximate surface area is 178 Å². The number of amides is 2. The maximum atomic E-state index is 13.2. The second-order valence-corrected chi connectivity index (χ2v) is 10.1. The molecular formula is C23H33N3O2S. The van der Waals surface area contributed by atoms with Crippen LogP contribution < -0.4 is 4.90 Å². The van der Waals surface area contributed by atoms with Crippen LogP contribution in [0.4, 0.5) is 5.69 Å². The summed E-state index contributed by atoms with van der Waals surface area (Å²) in [6, 6.07) is 8.27. The van der Waals surface area contributed by atoms with E-state index in [9.17, 15) is 9.59 Å². The highest BCUT2D eigenvalue weighted by molar-refractivity contribution is 8.00. The first-order valence-electron chi connectivity index (χ1n) is 11.2. The summed E-state index contributed by atoms with van der Waals surface area (Å²) in [6.07, 6.45) is 6.32. The van der Waals surface area contributed by atoms with Crippen LogP contribution in [-0.2, 0) is 9.59 Å². The van der Waals surface area contributed by atoms with Gasteiger partial charge in [0.15, 0.2) is 0 Å². The highest BCUT2D eigenvalue weighted by Crippen LogP contribution is 2.37. The van der Waals surface area contributed by atoms with Crippen molar-refractivity contribution in [1.82, 2.24) is 9.80 Å². The normalized spacial score (nSPS) is 24.1. The third-order valence-corrected chi connectivity index (χ3v) is 7.75. The maximum Gasteiger partial charge on any atom is 0.241 e. The number of piperidine rings is 2. The molecule has 0 aliphatic carbocycles. The van der Waals surface area contributed by atoms with Crippen molar-refractivity contribution in [2.24, 2.45) is 5.92 Å². The summed E-state index contributed by atoms with van der Waals surface area (Å²) in [7, 11) is 0. The number of rotatable bonds is 3. The van der Waals surface area contributed by atoms with Crippen LogP contribution in [0, 0.1) is 5.92 Å². The third kappa shape index (κ3) is 4.97. The van der Waals surface area contributed by atoms with Crippen LogP contribution in [-0.4, -0.2) is 66.1 Å². The van der Waals surface area contributed by atoms with E-state index in [4.69, 9.17) is 0 Å². The number of anilines is 1. The zero-order chi connectivity index (χ0) is 20.2. The molecule has 0 bridgehead atoms. The van der Waals surface area contributed by atoms with E-state index in [0.717, 1.165) is 70.5 Å². The first-order chi connectivity index (χ1) is 14.1. The lowest BCUT2D eigenvalue weighted by Gasteiger charge is -2.36. The van der Waals surface area contributed by atoms with Gasteiger partial charge in [-0.3, -0.25) is 14.5 Å². The van der Waals surface area contributed by atoms with E-state index in [-0.39, 0.29) is 11.8 Å². The number of likely N-dealkylation sites (tertiary alicyclic amines) is 2. The monoisotopic (exact) mass is 415 g/mol. The molecule has 2 fully saturated rings. The van der Waals surface area contributed by atoms with Crippen molar-refractivity contribution in [2.75, 3.05) is 44.2 Å². The molecule has 1 aromatic rings. The van der Waals surface area contributed by atoms with Crippen molar-refractivity contribution in [3.63, 3.8) is 0 Å². The molecule has 29 heavy (non-hydrogen) atoms. The van der Waals surface area contributed by atoms with Crippen LogP contribution in [0.3, 0.4) is 0 Å². The minimum atomic E-state index is 0.149. The zero-order valence-electron chi connectivity index (χ0n) is 17.5. The average Bonchev–Trinajstić information content (AvgIpc) is 2.92. The number of carbonyl (C=O) groups excluding carboxylic acids is 2. The summed E-state index contributed by atoms with van der Waals surface area (Å²) in [5.41, 5.74) is 1.06. The predicted octanol–water partition coefficient (Wildman–Crippen LogP) is 3.63. The molecule has 6 heteroatoms. The number of hydrogen-bond acceptors (Lipinski definition) is 4. The van der Waals surface area contributed by atoms with Gasteiger partial charge in [-0.1, -0.05) is 19.1 Å². The van der Waals surface area contributed by atoms with Gasteiger partial charge in [0.05, 0.1) is 12.2 Å². The summed E-state index contributed by atoms with van der Waals surface area (Å²) in [4.78, 5) is 33.4. The molecule has 3 aliphatic heterocycles. The van der Waals surface area contributed by atoms with E-state index in [1.165, 1.54) is 11.3 Å². The topological polar surface area (TPSA) is 43.9 Å². The molecule has 2 saturated heterocycles. The van der Waals surface area contributed by atoms with E-state index >= 15 is 0 Å². The van der Waals surface area contributed by atoms with Crippen LogP contribution >= 0.6 is 11.8 Å². The Kier molecular flexibility index (Phi) is 6.81. The van der Waals surface area contributed by atoms with Gasteiger partial charge in [0, 0.05) is 35.7 Å². The minimum Gasteiger partial charge on any atom is -0.342 e. The van der Waals surface area contributed by atoms with E-state index in [2.05, 4.69) is 34.9 Å². The van der Waals surface area contributed by atoms with Crippen molar-refractivity contribution in [1.29, 1.82) is 0 Å². The molecule has 4 rings (SSSR count). The molecule has 3 heterocycles. The van der Waals surface area contributed by atoms with E-state index in [1.54, 1.807) is 0 Å². The van der Waals surface area contributed by atoms with Gasteiger partial charge >= 0.3 is 0 Å². The molecule has 2 amide bonds. The van der Waals surface area contributed by atoms with E-state index < -0.39 is 0 Å². The van der Waals surface area contributed by atoms with Crippen molar-refractivity contribution in [2.45, 2.75) is 55.6 Å². The second kappa shape index (κ2) is 9.52. The van der Waals surface area contributed by atoms with E-state index in [0.29, 0.717) is 17.7 Å². The summed E-state index contributed by atoms with van der Waals surface area (Å²) in [5.74, 6) is 0.687. The quantitative estimate of drug-likeness (QED) is 0.756. The molecule has 0 saturated carbocycles. The number of fused-ring (bicyclic) bond motifs is 1. The fraction of sp³-hybridized carbons (Fsp3) is 0.652. The number of para-hydroxylation sites is 1. The lowest BCUT2D eigenvalue weighted by molar-refractivity contribution is -0.138. The Hall–Kier alpha value is -1.53. The van der Waals surface area contributed by atoms with Gasteiger partial charge in [0.2, 0.25) is 11.8 Å². The van der Waals surface area contributed by atoms with Crippen LogP contribution in [0.2, 0.25) is 0 Å². The molecule has 0 N–H and O–H groups in total. The first-order valence-corrected chi connectivity index (χ1v) is 12.1. The van der Waals surface area contributed by atoms with Crippen LogP contribution in [0.25, 0.3) is 0 Å². The average molecular weight is 416 g/mol. The first kappa shape index (κ1) is 20.7. The Morgan fingerprint density at radius 3 is 2.45 bits per heavy atom. The van der Waals surface area contributed by atoms with Crippen LogP contribution in [0.1, 0.15) is 45.4 Å². The lowest BCUT2D eigenvalue weighted by atomic mass is 9.94. The van der Waals surface area contributed by atoms with Crippen molar-refractivity contribution >= 4 is 29.3 Å². The van der Waals surface area contributed by atoms with Crippen LogP contribution in [0.15, 0.2) is 29.2 Å². The molecule has 0 spiro atoms. The molecule has 0 aromatic heterocycles. The van der Waals surface area contributed by atoms with Crippen LogP contribution in [0.5, 0.6) is 0 Å². The number of hydrogen-bond donors (Lipinski definition) is 0. The number of nitrogens with zero attached hydrogens (tertiary/aromatic N) is 3. The molecule has 0 unspecified atom stereocenters. The standard InChI is InChI=1S/C23H33N3O2S/c1-18-9-16-26(20-7-3-4-8-21(20)29-18)22(27)17-24-14-10-19(11-15-24)23(28)25-12-5-2-6-13-25/h3-4,7-8,18-19H,2,5-6,9-17H2,1H3/t18-/m0/s1. The number of carbonyl (C=O) groups is 2. The second-order valence-electron chi connectivity index (χ2n) is 8.67. The lowest BCUT2D eigenvalue weighted by Crippen LogP contribution is -2.47. The molecule has 158 valence electrons. The van der Waals surface area contributed by atoms with Crippen molar-refractivity contribution < 1.29 is 9.59 Å². The summed E-state index contributed by atoms with van der Waals surface area (Å²) < 4.78 is 0. The number of benzene rings is 1. The number of thioether (sulfide) groups is 1. The Bertz CT molecular complexity index is 727. The maximum absolute atomic E-state index is 13.2. The Morgan fingerprint density at radius 1 is 0.966 bits per heavy atom. The molecule has 1 aromatic carbocycles. The van der Waals surface area contributed by atoms with Gasteiger partial charge in [-0.2, -0.15) is 0 Å². The predicted molar refractivity (Wildman–Crippen MR) is 118 cm³/mol. The molecular weight excluding hydrogens is 382 g/mol. The smallest absolute Gasteiger partial charge is 0.241 e. The largest absolute Gasteiger partial charge is 0.342 e. The SMILES string of the molecule is C[C@H]1CCN(C(=O)CN2CCC(C(=O)N3CCCCC3)CC2)c2ccccc2S1. The van der Waals surface area contributed by atoms with Gasteiger partial charge in [-0.05, 0) is 63.7 Å². The summed E-state index contributed by atoms with van der Waals surface area (Å²) >= 11 is 1.87. The summed E-state index contributed by atoms with van der Waals surface area (Å²) in [6.45, 7) is 7.03. The Morgan fingerprint density at radius 2 is 1.69 bits per heavy atom. The molecule has 3 aliphatic rings. The minimum absolute atomic E-state index is 0.149. The fourth-order valence-electron chi connectivity index (χ4n) is 4.73. The van der Waals surface area contributed by atoms with Crippen molar-refractivity contribution in [3.8, 4) is 0 Å². The zero-order valence-corrected chi connectivity index (χ0v) is 18.3. The van der Waals surface area contributed by atoms with E-state index in [1.807, 2.05) is 22.7 Å². The fourth-order valence-corrected chi connectivity index (χ4v) is 5.85. The molecule has 1 atom stereocenters. The molecule has 5 nitrogen and oxygen atoms in total. The Balaban J connectivity index is 1.32.